The van der Waals surface area contributed by atoms with E-state index in [-0.39, 0.29) is 17.7 Å². The van der Waals surface area contributed by atoms with Crippen molar-refractivity contribution in [3.05, 3.63) is 59.1 Å². The standard InChI is InChI=1S/C23H25N3O2S/c1-16-24-20-9-8-19(15-21(20)29-16)25-23(28)18-11-13-26(14-12-18)22(27)10-7-17-5-3-2-4-6-17/h2-6,8-9,15,18H,7,10-14H2,1H3,(H,25,28). The smallest absolute Gasteiger partial charge is 0.227 e. The lowest BCUT2D eigenvalue weighted by molar-refractivity contribution is -0.134. The Hall–Kier alpha value is -2.73. The fourth-order valence-electron chi connectivity index (χ4n) is 3.81. The monoisotopic (exact) mass is 407 g/mol. The van der Waals surface area contributed by atoms with Crippen LogP contribution in [0.1, 0.15) is 29.8 Å². The molecule has 0 aliphatic carbocycles. The number of thiazole rings is 1. The van der Waals surface area contributed by atoms with Crippen LogP contribution in [0.2, 0.25) is 0 Å². The Morgan fingerprint density at radius 1 is 1.14 bits per heavy atom. The van der Waals surface area contributed by atoms with Gasteiger partial charge in [0.15, 0.2) is 0 Å². The van der Waals surface area contributed by atoms with Crippen molar-refractivity contribution in [2.75, 3.05) is 18.4 Å². The van der Waals surface area contributed by atoms with Crippen LogP contribution in [-0.2, 0) is 16.0 Å². The van der Waals surface area contributed by atoms with Gasteiger partial charge in [-0.1, -0.05) is 30.3 Å². The number of aromatic nitrogens is 1. The Morgan fingerprint density at radius 2 is 1.90 bits per heavy atom. The molecular formula is C23H25N3O2S. The van der Waals surface area contributed by atoms with Crippen LogP contribution in [0, 0.1) is 12.8 Å². The molecule has 2 heterocycles. The fraction of sp³-hybridized carbons (Fsp3) is 0.348. The number of piperidine rings is 1. The summed E-state index contributed by atoms with van der Waals surface area (Å²) in [5, 5.41) is 4.06. The predicted octanol–water partition coefficient (Wildman–Crippen LogP) is 4.41. The Kier molecular flexibility index (Phi) is 5.90. The SMILES string of the molecule is Cc1nc2ccc(NC(=O)C3CCN(C(=O)CCc4ccccc4)CC3)cc2s1. The zero-order valence-electron chi connectivity index (χ0n) is 16.6. The third-order valence-corrected chi connectivity index (χ3v) is 6.39. The number of rotatable bonds is 5. The summed E-state index contributed by atoms with van der Waals surface area (Å²) in [6.45, 7) is 3.29. The molecule has 6 heteroatoms. The first kappa shape index (κ1) is 19.6. The number of benzene rings is 2. The number of hydrogen-bond donors (Lipinski definition) is 1. The topological polar surface area (TPSA) is 62.3 Å². The summed E-state index contributed by atoms with van der Waals surface area (Å²) >= 11 is 1.63. The molecule has 1 aliphatic heterocycles. The predicted molar refractivity (Wildman–Crippen MR) is 117 cm³/mol. The van der Waals surface area contributed by atoms with Crippen molar-refractivity contribution in [2.24, 2.45) is 5.92 Å². The molecule has 0 spiro atoms. The minimum Gasteiger partial charge on any atom is -0.343 e. The Balaban J connectivity index is 1.27. The van der Waals surface area contributed by atoms with Crippen LogP contribution in [0.3, 0.4) is 0 Å². The van der Waals surface area contributed by atoms with E-state index in [0.717, 1.165) is 27.3 Å². The largest absolute Gasteiger partial charge is 0.343 e. The van der Waals surface area contributed by atoms with Gasteiger partial charge in [-0.05, 0) is 49.9 Å². The molecule has 4 rings (SSSR count). The van der Waals surface area contributed by atoms with Crippen molar-refractivity contribution < 1.29 is 9.59 Å². The summed E-state index contributed by atoms with van der Waals surface area (Å²) in [6.07, 6.45) is 2.71. The molecule has 5 nitrogen and oxygen atoms in total. The van der Waals surface area contributed by atoms with Gasteiger partial charge >= 0.3 is 0 Å². The molecule has 1 aromatic heterocycles. The third kappa shape index (κ3) is 4.82. The summed E-state index contributed by atoms with van der Waals surface area (Å²) in [4.78, 5) is 31.5. The van der Waals surface area contributed by atoms with Gasteiger partial charge in [0.05, 0.1) is 15.2 Å². The highest BCUT2D eigenvalue weighted by Gasteiger charge is 2.27. The van der Waals surface area contributed by atoms with Gasteiger partial charge < -0.3 is 10.2 Å². The van der Waals surface area contributed by atoms with Crippen molar-refractivity contribution in [1.82, 2.24) is 9.88 Å². The second kappa shape index (κ2) is 8.74. The molecule has 3 aromatic rings. The van der Waals surface area contributed by atoms with E-state index in [1.165, 1.54) is 5.56 Å². The van der Waals surface area contributed by atoms with Gasteiger partial charge in [-0.25, -0.2) is 4.98 Å². The summed E-state index contributed by atoms with van der Waals surface area (Å²) in [5.41, 5.74) is 2.96. The maximum atomic E-state index is 12.7. The molecule has 29 heavy (non-hydrogen) atoms. The normalized spacial score (nSPS) is 14.9. The Labute approximate surface area is 174 Å². The van der Waals surface area contributed by atoms with E-state index in [4.69, 9.17) is 0 Å². The van der Waals surface area contributed by atoms with Gasteiger partial charge in [-0.3, -0.25) is 9.59 Å². The van der Waals surface area contributed by atoms with E-state index < -0.39 is 0 Å². The zero-order chi connectivity index (χ0) is 20.2. The fourth-order valence-corrected chi connectivity index (χ4v) is 4.67. The lowest BCUT2D eigenvalue weighted by Crippen LogP contribution is -2.41. The number of carbonyl (C=O) groups excluding carboxylic acids is 2. The molecule has 1 aliphatic rings. The molecule has 1 saturated heterocycles. The number of fused-ring (bicyclic) bond motifs is 1. The van der Waals surface area contributed by atoms with Crippen molar-refractivity contribution in [1.29, 1.82) is 0 Å². The second-order valence-electron chi connectivity index (χ2n) is 7.55. The van der Waals surface area contributed by atoms with Gasteiger partial charge in [0, 0.05) is 31.1 Å². The molecule has 0 radical (unpaired) electrons. The van der Waals surface area contributed by atoms with Crippen LogP contribution in [-0.4, -0.2) is 34.8 Å². The Morgan fingerprint density at radius 3 is 2.66 bits per heavy atom. The molecular weight excluding hydrogens is 382 g/mol. The first-order chi connectivity index (χ1) is 14.1. The molecule has 0 bridgehead atoms. The first-order valence-electron chi connectivity index (χ1n) is 10.1. The highest BCUT2D eigenvalue weighted by atomic mass is 32.1. The summed E-state index contributed by atoms with van der Waals surface area (Å²) in [7, 11) is 0. The highest BCUT2D eigenvalue weighted by molar-refractivity contribution is 7.18. The number of carbonyl (C=O) groups is 2. The summed E-state index contributed by atoms with van der Waals surface area (Å²) in [5.74, 6) is 0.174. The summed E-state index contributed by atoms with van der Waals surface area (Å²) < 4.78 is 1.08. The van der Waals surface area contributed by atoms with Crippen molar-refractivity contribution in [3.8, 4) is 0 Å². The lowest BCUT2D eigenvalue weighted by Gasteiger charge is -2.31. The zero-order valence-corrected chi connectivity index (χ0v) is 17.4. The van der Waals surface area contributed by atoms with Crippen LogP contribution >= 0.6 is 11.3 Å². The van der Waals surface area contributed by atoms with Crippen LogP contribution in [0.5, 0.6) is 0 Å². The maximum Gasteiger partial charge on any atom is 0.227 e. The second-order valence-corrected chi connectivity index (χ2v) is 8.78. The van der Waals surface area contributed by atoms with Crippen LogP contribution < -0.4 is 5.32 Å². The molecule has 1 fully saturated rings. The number of hydrogen-bond acceptors (Lipinski definition) is 4. The van der Waals surface area contributed by atoms with Gasteiger partial charge in [0.25, 0.3) is 0 Å². The number of likely N-dealkylation sites (tertiary alicyclic amines) is 1. The Bertz CT molecular complexity index is 1010. The van der Waals surface area contributed by atoms with E-state index in [1.54, 1.807) is 11.3 Å². The molecule has 2 amide bonds. The van der Waals surface area contributed by atoms with E-state index in [0.29, 0.717) is 32.4 Å². The average molecular weight is 408 g/mol. The van der Waals surface area contributed by atoms with Gasteiger partial charge in [0.1, 0.15) is 0 Å². The molecule has 150 valence electrons. The number of nitrogens with zero attached hydrogens (tertiary/aromatic N) is 2. The maximum absolute atomic E-state index is 12.7. The minimum absolute atomic E-state index is 0.0435. The molecule has 2 aromatic carbocycles. The highest BCUT2D eigenvalue weighted by Crippen LogP contribution is 2.26. The van der Waals surface area contributed by atoms with Crippen molar-refractivity contribution in [3.63, 3.8) is 0 Å². The van der Waals surface area contributed by atoms with Crippen LogP contribution in [0.25, 0.3) is 10.2 Å². The van der Waals surface area contributed by atoms with E-state index in [2.05, 4.69) is 22.4 Å². The van der Waals surface area contributed by atoms with Crippen LogP contribution in [0.15, 0.2) is 48.5 Å². The van der Waals surface area contributed by atoms with Crippen molar-refractivity contribution >= 4 is 39.1 Å². The van der Waals surface area contributed by atoms with Crippen molar-refractivity contribution in [2.45, 2.75) is 32.6 Å². The van der Waals surface area contributed by atoms with E-state index in [9.17, 15) is 9.59 Å². The van der Waals surface area contributed by atoms with Gasteiger partial charge in [0.2, 0.25) is 11.8 Å². The number of amides is 2. The quantitative estimate of drug-likeness (QED) is 0.681. The van der Waals surface area contributed by atoms with Crippen LogP contribution in [0.4, 0.5) is 5.69 Å². The minimum atomic E-state index is -0.0490. The van der Waals surface area contributed by atoms with Gasteiger partial charge in [-0.2, -0.15) is 0 Å². The summed E-state index contributed by atoms with van der Waals surface area (Å²) in [6, 6.07) is 15.9. The number of nitrogens with one attached hydrogen (secondary N) is 1. The van der Waals surface area contributed by atoms with Gasteiger partial charge in [-0.15, -0.1) is 11.3 Å². The lowest BCUT2D eigenvalue weighted by atomic mass is 9.95. The number of aryl methyl sites for hydroxylation is 2. The van der Waals surface area contributed by atoms with E-state index in [1.807, 2.05) is 48.2 Å². The first-order valence-corrected chi connectivity index (χ1v) is 10.9. The van der Waals surface area contributed by atoms with E-state index >= 15 is 0 Å². The molecule has 1 N–H and O–H groups in total. The third-order valence-electron chi connectivity index (χ3n) is 5.45. The average Bonchev–Trinajstić information content (AvgIpc) is 3.12. The molecule has 0 atom stereocenters. The number of anilines is 1. The molecule has 0 unspecified atom stereocenters. The molecule has 0 saturated carbocycles.